The Morgan fingerprint density at radius 2 is 1.76 bits per heavy atom. The van der Waals surface area contributed by atoms with Gasteiger partial charge in [0.05, 0.1) is 25.8 Å². The first-order chi connectivity index (χ1) is 21.8. The van der Waals surface area contributed by atoms with Gasteiger partial charge in [-0.1, -0.05) is 42.5 Å². The van der Waals surface area contributed by atoms with Crippen LogP contribution in [0.3, 0.4) is 0 Å². The fourth-order valence-electron chi connectivity index (χ4n) is 6.63. The number of pyridine rings is 1. The smallest absolute Gasteiger partial charge is 0.407 e. The second kappa shape index (κ2) is 13.5. The van der Waals surface area contributed by atoms with E-state index in [-0.39, 0.29) is 49.0 Å². The SMILES string of the molecule is C[C@@H]1COCCN1C[C@H]1CN(C(=O)O)[C@H](C)CN1CC(=O)N1c2cc(Cc3ccc(F)cc3)cnc2OC[C@@H]1c1ccccc1. The van der Waals surface area contributed by atoms with Gasteiger partial charge in [-0.15, -0.1) is 0 Å². The predicted octanol–water partition coefficient (Wildman–Crippen LogP) is 4.05. The molecule has 11 heteroatoms. The molecule has 0 saturated carbocycles. The molecule has 238 valence electrons. The van der Waals surface area contributed by atoms with Gasteiger partial charge >= 0.3 is 6.09 Å². The Morgan fingerprint density at radius 1 is 0.978 bits per heavy atom. The number of anilines is 1. The standard InChI is InChI=1S/C34H40FN5O5/c1-23-17-38(29(19-39(23)34(42)43)18-37-12-13-44-21-24(37)2)20-32(41)40-30-15-26(14-25-8-10-28(35)11-9-25)16-36-33(30)45-22-31(40)27-6-4-3-5-7-27/h3-11,15-16,23-24,29,31H,12-14,17-22H2,1-2H3,(H,42,43)/t23-,24-,29+,31-/m1/s1. The van der Waals surface area contributed by atoms with Crippen molar-refractivity contribution in [3.63, 3.8) is 0 Å². The highest BCUT2D eigenvalue weighted by Gasteiger charge is 2.40. The summed E-state index contributed by atoms with van der Waals surface area (Å²) in [6.45, 7) is 7.79. The van der Waals surface area contributed by atoms with Crippen LogP contribution in [0.2, 0.25) is 0 Å². The zero-order chi connectivity index (χ0) is 31.5. The van der Waals surface area contributed by atoms with Gasteiger partial charge in [-0.3, -0.25) is 19.5 Å². The van der Waals surface area contributed by atoms with E-state index in [4.69, 9.17) is 9.47 Å². The predicted molar refractivity (Wildman–Crippen MR) is 167 cm³/mol. The van der Waals surface area contributed by atoms with Crippen LogP contribution in [-0.2, 0) is 16.0 Å². The normalized spacial score (nSPS) is 24.2. The van der Waals surface area contributed by atoms with Crippen molar-refractivity contribution in [1.82, 2.24) is 19.7 Å². The Morgan fingerprint density at radius 3 is 2.49 bits per heavy atom. The van der Waals surface area contributed by atoms with E-state index < -0.39 is 6.09 Å². The molecular weight excluding hydrogens is 577 g/mol. The van der Waals surface area contributed by atoms with E-state index in [1.807, 2.05) is 43.3 Å². The van der Waals surface area contributed by atoms with Crippen LogP contribution in [0.15, 0.2) is 66.9 Å². The highest BCUT2D eigenvalue weighted by Crippen LogP contribution is 2.39. The fraction of sp³-hybridized carbons (Fsp3) is 0.441. The molecule has 3 aromatic rings. The van der Waals surface area contributed by atoms with E-state index in [2.05, 4.69) is 21.7 Å². The number of amides is 2. The van der Waals surface area contributed by atoms with E-state index in [0.717, 1.165) is 23.2 Å². The lowest BCUT2D eigenvalue weighted by molar-refractivity contribution is -0.122. The number of piperazine rings is 1. The molecule has 0 spiro atoms. The number of hydrogen-bond acceptors (Lipinski definition) is 7. The van der Waals surface area contributed by atoms with Crippen molar-refractivity contribution in [3.8, 4) is 5.88 Å². The molecule has 4 heterocycles. The first-order valence-electron chi connectivity index (χ1n) is 15.6. The van der Waals surface area contributed by atoms with Crippen LogP contribution in [0.1, 0.15) is 36.6 Å². The summed E-state index contributed by atoms with van der Waals surface area (Å²) in [5.41, 5.74) is 3.34. The Bertz CT molecular complexity index is 1490. The number of benzene rings is 2. The summed E-state index contributed by atoms with van der Waals surface area (Å²) in [6.07, 6.45) is 1.31. The Labute approximate surface area is 263 Å². The summed E-state index contributed by atoms with van der Waals surface area (Å²) >= 11 is 0. The highest BCUT2D eigenvalue weighted by atomic mass is 19.1. The van der Waals surface area contributed by atoms with Crippen LogP contribution in [-0.4, -0.2) is 107 Å². The number of ether oxygens (including phenoxy) is 2. The Balaban J connectivity index is 1.31. The van der Waals surface area contributed by atoms with Gasteiger partial charge in [0.25, 0.3) is 0 Å². The molecule has 45 heavy (non-hydrogen) atoms. The second-order valence-corrected chi connectivity index (χ2v) is 12.3. The van der Waals surface area contributed by atoms with Gasteiger partial charge in [-0.25, -0.2) is 14.2 Å². The summed E-state index contributed by atoms with van der Waals surface area (Å²) in [5.74, 6) is -0.00985. The van der Waals surface area contributed by atoms with Gasteiger partial charge in [0.1, 0.15) is 18.1 Å². The number of rotatable bonds is 7. The van der Waals surface area contributed by atoms with E-state index in [1.165, 1.54) is 17.0 Å². The molecule has 6 rings (SSSR count). The van der Waals surface area contributed by atoms with Crippen molar-refractivity contribution in [3.05, 3.63) is 89.4 Å². The van der Waals surface area contributed by atoms with Crippen molar-refractivity contribution in [2.24, 2.45) is 0 Å². The largest absolute Gasteiger partial charge is 0.474 e. The van der Waals surface area contributed by atoms with Crippen molar-refractivity contribution in [2.75, 3.05) is 57.4 Å². The molecule has 0 bridgehead atoms. The van der Waals surface area contributed by atoms with Crippen molar-refractivity contribution in [2.45, 2.75) is 44.4 Å². The van der Waals surface area contributed by atoms with Gasteiger partial charge < -0.3 is 19.5 Å². The minimum atomic E-state index is -0.945. The molecule has 0 radical (unpaired) electrons. The van der Waals surface area contributed by atoms with Crippen LogP contribution in [0.5, 0.6) is 5.88 Å². The molecule has 3 aliphatic rings. The summed E-state index contributed by atoms with van der Waals surface area (Å²) < 4.78 is 25.3. The summed E-state index contributed by atoms with van der Waals surface area (Å²) in [5, 5.41) is 9.93. The topological polar surface area (TPSA) is 98.7 Å². The average Bonchev–Trinajstić information content (AvgIpc) is 3.04. The molecule has 2 saturated heterocycles. The molecule has 3 aliphatic heterocycles. The lowest BCUT2D eigenvalue weighted by Crippen LogP contribution is -2.64. The molecule has 2 amide bonds. The number of halogens is 1. The van der Waals surface area contributed by atoms with Crippen molar-refractivity contribution in [1.29, 1.82) is 0 Å². The number of carboxylic acid groups (broad SMARTS) is 1. The van der Waals surface area contributed by atoms with Crippen molar-refractivity contribution < 1.29 is 28.6 Å². The zero-order valence-corrected chi connectivity index (χ0v) is 25.7. The molecule has 1 aromatic heterocycles. The Hall–Kier alpha value is -4.06. The average molecular weight is 618 g/mol. The summed E-state index contributed by atoms with van der Waals surface area (Å²) in [4.78, 5) is 39.0. The highest BCUT2D eigenvalue weighted by molar-refractivity contribution is 5.97. The van der Waals surface area contributed by atoms with E-state index in [9.17, 15) is 19.1 Å². The summed E-state index contributed by atoms with van der Waals surface area (Å²) in [7, 11) is 0. The van der Waals surface area contributed by atoms with Crippen LogP contribution >= 0.6 is 0 Å². The second-order valence-electron chi connectivity index (χ2n) is 12.3. The van der Waals surface area contributed by atoms with Crippen molar-refractivity contribution >= 4 is 17.7 Å². The minimum absolute atomic E-state index is 0.106. The van der Waals surface area contributed by atoms with Crippen LogP contribution in [0.25, 0.3) is 0 Å². The Kier molecular flexibility index (Phi) is 9.29. The van der Waals surface area contributed by atoms with Gasteiger partial charge in [0.2, 0.25) is 11.8 Å². The number of carbonyl (C=O) groups excluding carboxylic acids is 1. The maximum Gasteiger partial charge on any atom is 0.407 e. The number of morpholine rings is 1. The number of hydrogen-bond donors (Lipinski definition) is 1. The van der Waals surface area contributed by atoms with Crippen LogP contribution in [0.4, 0.5) is 14.9 Å². The molecule has 0 aliphatic carbocycles. The third kappa shape index (κ3) is 6.95. The quantitative estimate of drug-likeness (QED) is 0.424. The van der Waals surface area contributed by atoms with Crippen LogP contribution in [0, 0.1) is 5.82 Å². The molecule has 0 unspecified atom stereocenters. The van der Waals surface area contributed by atoms with Crippen LogP contribution < -0.4 is 9.64 Å². The lowest BCUT2D eigenvalue weighted by Gasteiger charge is -2.47. The first kappa shape index (κ1) is 30.9. The van der Waals surface area contributed by atoms with Gasteiger partial charge in [-0.05, 0) is 55.2 Å². The van der Waals surface area contributed by atoms with E-state index in [0.29, 0.717) is 50.8 Å². The fourth-order valence-corrected chi connectivity index (χ4v) is 6.63. The van der Waals surface area contributed by atoms with E-state index >= 15 is 0 Å². The monoisotopic (exact) mass is 617 g/mol. The number of carbonyl (C=O) groups is 2. The number of fused-ring (bicyclic) bond motifs is 1. The van der Waals surface area contributed by atoms with E-state index in [1.54, 1.807) is 23.2 Å². The maximum atomic E-state index is 14.5. The maximum absolute atomic E-state index is 14.5. The minimum Gasteiger partial charge on any atom is -0.474 e. The summed E-state index contributed by atoms with van der Waals surface area (Å²) in [6, 6.07) is 17.5. The molecular formula is C34H40FN5O5. The third-order valence-corrected chi connectivity index (χ3v) is 9.10. The number of aromatic nitrogens is 1. The van der Waals surface area contributed by atoms with Gasteiger partial charge in [-0.2, -0.15) is 0 Å². The molecule has 4 atom stereocenters. The lowest BCUT2D eigenvalue weighted by atomic mass is 10.0. The third-order valence-electron chi connectivity index (χ3n) is 9.10. The zero-order valence-electron chi connectivity index (χ0n) is 25.7. The molecule has 2 aromatic carbocycles. The van der Waals surface area contributed by atoms with Gasteiger partial charge in [0, 0.05) is 50.5 Å². The van der Waals surface area contributed by atoms with Gasteiger partial charge in [0.15, 0.2) is 0 Å². The molecule has 10 nitrogen and oxygen atoms in total. The number of nitrogens with zero attached hydrogens (tertiary/aromatic N) is 5. The molecule has 2 fully saturated rings. The molecule has 1 N–H and O–H groups in total. The first-order valence-corrected chi connectivity index (χ1v) is 15.6.